The van der Waals surface area contributed by atoms with Crippen molar-refractivity contribution in [2.45, 2.75) is 37.6 Å². The summed E-state index contributed by atoms with van der Waals surface area (Å²) in [6, 6.07) is 0.711. The molecule has 2 fully saturated rings. The van der Waals surface area contributed by atoms with E-state index in [4.69, 9.17) is 0 Å². The van der Waals surface area contributed by atoms with Crippen molar-refractivity contribution in [3.63, 3.8) is 0 Å². The first-order chi connectivity index (χ1) is 11.1. The molecule has 1 aliphatic heterocycles. The van der Waals surface area contributed by atoms with Gasteiger partial charge in [0.1, 0.15) is 0 Å². The second-order valence-corrected chi connectivity index (χ2v) is 7.03. The highest BCUT2D eigenvalue weighted by Crippen LogP contribution is 2.27. The Hall–Kier alpha value is -1.40. The zero-order chi connectivity index (χ0) is 16.2. The molecular formula is C17H29N5O. The maximum absolute atomic E-state index is 12.5. The van der Waals surface area contributed by atoms with E-state index in [1.807, 2.05) is 19.4 Å². The number of rotatable bonds is 6. The first kappa shape index (κ1) is 16.5. The van der Waals surface area contributed by atoms with Gasteiger partial charge in [0.05, 0.1) is 12.1 Å². The zero-order valence-electron chi connectivity index (χ0n) is 14.3. The second kappa shape index (κ2) is 7.45. The van der Waals surface area contributed by atoms with Crippen LogP contribution in [0, 0.1) is 5.92 Å². The number of nitrogens with one attached hydrogen (secondary N) is 2. The van der Waals surface area contributed by atoms with Crippen LogP contribution in [0.5, 0.6) is 0 Å². The Morgan fingerprint density at radius 2 is 2.22 bits per heavy atom. The Bertz CT molecular complexity index is 523. The van der Waals surface area contributed by atoms with Crippen LogP contribution in [-0.4, -0.2) is 59.9 Å². The van der Waals surface area contributed by atoms with Gasteiger partial charge in [0.15, 0.2) is 0 Å². The molecule has 2 heterocycles. The maximum atomic E-state index is 12.5. The molecule has 1 aromatic heterocycles. The minimum Gasteiger partial charge on any atom is -0.355 e. The van der Waals surface area contributed by atoms with E-state index < -0.39 is 0 Å². The Kier molecular flexibility index (Phi) is 5.33. The maximum Gasteiger partial charge on any atom is 0.225 e. The highest BCUT2D eigenvalue weighted by atomic mass is 16.1. The molecule has 6 nitrogen and oxygen atoms in total. The minimum absolute atomic E-state index is 0.0102. The predicted octanol–water partition coefficient (Wildman–Crippen LogP) is 0.714. The summed E-state index contributed by atoms with van der Waals surface area (Å²) in [5, 5.41) is 10.7. The highest BCUT2D eigenvalue weighted by molar-refractivity contribution is 5.80. The van der Waals surface area contributed by atoms with Crippen molar-refractivity contribution >= 4 is 5.91 Å². The summed E-state index contributed by atoms with van der Waals surface area (Å²) in [5.74, 6) is 0.413. The number of carbonyl (C=O) groups excluding carboxylic acids is 1. The lowest BCUT2D eigenvalue weighted by molar-refractivity contribution is -0.124. The van der Waals surface area contributed by atoms with Crippen molar-refractivity contribution < 1.29 is 4.79 Å². The largest absolute Gasteiger partial charge is 0.355 e. The molecular weight excluding hydrogens is 290 g/mol. The first-order valence-corrected chi connectivity index (χ1v) is 8.82. The number of likely N-dealkylation sites (N-methyl/N-ethyl adjacent to an activating group) is 1. The molecule has 1 aromatic rings. The summed E-state index contributed by atoms with van der Waals surface area (Å²) in [6.07, 6.45) is 9.21. The lowest BCUT2D eigenvalue weighted by atomic mass is 9.90. The third-order valence-electron chi connectivity index (χ3n) is 5.42. The molecule has 2 aliphatic rings. The fourth-order valence-corrected chi connectivity index (χ4v) is 3.95. The predicted molar refractivity (Wildman–Crippen MR) is 90.2 cm³/mol. The van der Waals surface area contributed by atoms with Crippen LogP contribution in [0.15, 0.2) is 12.4 Å². The molecule has 0 bridgehead atoms. The van der Waals surface area contributed by atoms with E-state index in [0.717, 1.165) is 31.7 Å². The van der Waals surface area contributed by atoms with Crippen molar-refractivity contribution in [3.8, 4) is 0 Å². The fraction of sp³-hybridized carbons (Fsp3) is 0.765. The Morgan fingerprint density at radius 3 is 2.91 bits per heavy atom. The quantitative estimate of drug-likeness (QED) is 0.811. The minimum atomic E-state index is 0.0102. The molecule has 1 amide bonds. The number of hydrogen-bond acceptors (Lipinski definition) is 4. The van der Waals surface area contributed by atoms with Crippen LogP contribution in [0.25, 0.3) is 0 Å². The van der Waals surface area contributed by atoms with Gasteiger partial charge < -0.3 is 15.5 Å². The van der Waals surface area contributed by atoms with E-state index in [1.54, 1.807) is 4.68 Å². The summed E-state index contributed by atoms with van der Waals surface area (Å²) >= 11 is 0. The number of aryl methyl sites for hydroxylation is 1. The molecule has 2 N–H and O–H groups in total. The molecule has 0 radical (unpaired) electrons. The number of carbonyl (C=O) groups is 1. The van der Waals surface area contributed by atoms with Crippen molar-refractivity contribution in [1.82, 2.24) is 25.3 Å². The number of aromatic nitrogens is 2. The summed E-state index contributed by atoms with van der Waals surface area (Å²) in [5.41, 5.74) is 1.15. The SMILES string of the molecule is CN(CCNC(=O)[C@H]1CNC[C@@H]1c1cnn(C)c1)C1CCCC1. The summed E-state index contributed by atoms with van der Waals surface area (Å²) in [7, 11) is 4.09. The number of nitrogens with zero attached hydrogens (tertiary/aromatic N) is 3. The molecule has 2 atom stereocenters. The molecule has 1 saturated heterocycles. The number of hydrogen-bond donors (Lipinski definition) is 2. The lowest BCUT2D eigenvalue weighted by Crippen LogP contribution is -2.40. The van der Waals surface area contributed by atoms with Gasteiger partial charge in [-0.15, -0.1) is 0 Å². The van der Waals surface area contributed by atoms with Gasteiger partial charge in [-0.05, 0) is 25.5 Å². The standard InChI is InChI=1S/C17H29N5O/c1-21(14-5-3-4-6-14)8-7-19-17(23)16-11-18-10-15(16)13-9-20-22(2)12-13/h9,12,14-16,18H,3-8,10-11H2,1-2H3,(H,19,23)/t15-,16+/m1/s1. The van der Waals surface area contributed by atoms with Crippen LogP contribution in [0.1, 0.15) is 37.2 Å². The van der Waals surface area contributed by atoms with Crippen molar-refractivity contribution in [1.29, 1.82) is 0 Å². The van der Waals surface area contributed by atoms with E-state index in [1.165, 1.54) is 25.7 Å². The Labute approximate surface area is 138 Å². The second-order valence-electron chi connectivity index (χ2n) is 7.03. The molecule has 128 valence electrons. The topological polar surface area (TPSA) is 62.2 Å². The molecule has 6 heteroatoms. The van der Waals surface area contributed by atoms with Crippen LogP contribution >= 0.6 is 0 Å². The van der Waals surface area contributed by atoms with Gasteiger partial charge in [-0.1, -0.05) is 12.8 Å². The normalized spacial score (nSPS) is 25.3. The molecule has 0 aromatic carbocycles. The zero-order valence-corrected chi connectivity index (χ0v) is 14.3. The molecule has 23 heavy (non-hydrogen) atoms. The van der Waals surface area contributed by atoms with E-state index >= 15 is 0 Å². The summed E-state index contributed by atoms with van der Waals surface area (Å²) < 4.78 is 1.80. The summed E-state index contributed by atoms with van der Waals surface area (Å²) in [6.45, 7) is 3.28. The van der Waals surface area contributed by atoms with Gasteiger partial charge in [-0.3, -0.25) is 9.48 Å². The van der Waals surface area contributed by atoms with Crippen LogP contribution in [-0.2, 0) is 11.8 Å². The van der Waals surface area contributed by atoms with E-state index in [2.05, 4.69) is 27.7 Å². The van der Waals surface area contributed by atoms with Crippen molar-refractivity contribution in [3.05, 3.63) is 18.0 Å². The average molecular weight is 319 g/mol. The van der Waals surface area contributed by atoms with Gasteiger partial charge in [-0.25, -0.2) is 0 Å². The molecule has 0 unspecified atom stereocenters. The van der Waals surface area contributed by atoms with Crippen LogP contribution < -0.4 is 10.6 Å². The molecule has 1 saturated carbocycles. The van der Waals surface area contributed by atoms with Crippen molar-refractivity contribution in [2.24, 2.45) is 13.0 Å². The average Bonchev–Trinajstić information content (AvgIpc) is 3.27. The Balaban J connectivity index is 1.47. The van der Waals surface area contributed by atoms with Gasteiger partial charge in [0.2, 0.25) is 5.91 Å². The summed E-state index contributed by atoms with van der Waals surface area (Å²) in [4.78, 5) is 14.9. The monoisotopic (exact) mass is 319 g/mol. The van der Waals surface area contributed by atoms with E-state index in [-0.39, 0.29) is 17.7 Å². The van der Waals surface area contributed by atoms with Gasteiger partial charge in [0.25, 0.3) is 0 Å². The third-order valence-corrected chi connectivity index (χ3v) is 5.42. The molecule has 0 spiro atoms. The van der Waals surface area contributed by atoms with Crippen molar-refractivity contribution in [2.75, 3.05) is 33.2 Å². The van der Waals surface area contributed by atoms with E-state index in [9.17, 15) is 4.79 Å². The van der Waals surface area contributed by atoms with Crippen LogP contribution in [0.4, 0.5) is 0 Å². The molecule has 1 aliphatic carbocycles. The highest BCUT2D eigenvalue weighted by Gasteiger charge is 2.34. The van der Waals surface area contributed by atoms with E-state index in [0.29, 0.717) is 6.04 Å². The lowest BCUT2D eigenvalue weighted by Gasteiger charge is -2.24. The fourth-order valence-electron chi connectivity index (χ4n) is 3.95. The smallest absolute Gasteiger partial charge is 0.225 e. The van der Waals surface area contributed by atoms with Crippen LogP contribution in [0.2, 0.25) is 0 Å². The van der Waals surface area contributed by atoms with Gasteiger partial charge in [-0.2, -0.15) is 5.10 Å². The van der Waals surface area contributed by atoms with Crippen LogP contribution in [0.3, 0.4) is 0 Å². The third kappa shape index (κ3) is 3.93. The van der Waals surface area contributed by atoms with Gasteiger partial charge >= 0.3 is 0 Å². The Morgan fingerprint density at radius 1 is 1.43 bits per heavy atom. The number of amides is 1. The molecule has 3 rings (SSSR count). The first-order valence-electron chi connectivity index (χ1n) is 8.82. The van der Waals surface area contributed by atoms with Gasteiger partial charge in [0, 0.05) is 51.4 Å².